The summed E-state index contributed by atoms with van der Waals surface area (Å²) >= 11 is 0. The number of fused-ring (bicyclic) bond motifs is 7. The van der Waals surface area contributed by atoms with Crippen LogP contribution < -0.4 is 0 Å². The van der Waals surface area contributed by atoms with Crippen LogP contribution in [-0.2, 0) is 11.8 Å². The largest absolute Gasteiger partial charge is 0.309 e. The summed E-state index contributed by atoms with van der Waals surface area (Å²) in [6, 6.07) is 22.9. The van der Waals surface area contributed by atoms with E-state index in [2.05, 4.69) is 110 Å². The van der Waals surface area contributed by atoms with Gasteiger partial charge < -0.3 is 4.57 Å². The van der Waals surface area contributed by atoms with Crippen LogP contribution in [0.4, 0.5) is 0 Å². The molecule has 2 heteroatoms. The molecule has 37 heavy (non-hydrogen) atoms. The zero-order chi connectivity index (χ0) is 24.9. The molecule has 3 aromatic carbocycles. The monoisotopic (exact) mass is 478 g/mol. The highest BCUT2D eigenvalue weighted by Crippen LogP contribution is 2.48. The molecule has 2 aromatic heterocycles. The Kier molecular flexibility index (Phi) is 4.20. The standard InChI is InChI=1S/C35H30N2/c1-21-10-8-13-25-32(24-11-4-6-16-29(24)36-33(21)25)22-18-19-30-26(20-22)23-12-9-15-28-34(23)37(30)31-17-7-5-14-27(31)35(28,2)3/h4-5,7-9,11-15,17-21H,6,10,16H2,1-3H3. The average Bonchev–Trinajstić information content (AvgIpc) is 3.25. The third kappa shape index (κ3) is 2.73. The molecule has 0 fully saturated rings. The van der Waals surface area contributed by atoms with Gasteiger partial charge in [0.25, 0.3) is 0 Å². The summed E-state index contributed by atoms with van der Waals surface area (Å²) in [6.07, 6.45) is 12.4. The molecule has 0 amide bonds. The zero-order valence-electron chi connectivity index (χ0n) is 21.7. The summed E-state index contributed by atoms with van der Waals surface area (Å²) in [4.78, 5) is 5.20. The second-order valence-corrected chi connectivity index (χ2v) is 11.5. The summed E-state index contributed by atoms with van der Waals surface area (Å²) in [7, 11) is 0. The summed E-state index contributed by atoms with van der Waals surface area (Å²) in [5.74, 6) is 0.455. The maximum absolute atomic E-state index is 5.20. The Bertz CT molecular complexity index is 1840. The van der Waals surface area contributed by atoms with Crippen LogP contribution in [0.5, 0.6) is 0 Å². The van der Waals surface area contributed by atoms with Crippen molar-refractivity contribution in [1.82, 2.24) is 9.55 Å². The first-order chi connectivity index (χ1) is 18.0. The van der Waals surface area contributed by atoms with Crippen LogP contribution in [0, 0.1) is 0 Å². The van der Waals surface area contributed by atoms with Gasteiger partial charge in [-0.3, -0.25) is 4.98 Å². The predicted molar refractivity (Wildman–Crippen MR) is 156 cm³/mol. The number of nitrogens with zero attached hydrogens (tertiary/aromatic N) is 2. The van der Waals surface area contributed by atoms with Crippen LogP contribution in [0.3, 0.4) is 0 Å². The lowest BCUT2D eigenvalue weighted by molar-refractivity contribution is 0.630. The van der Waals surface area contributed by atoms with Crippen molar-refractivity contribution in [1.29, 1.82) is 0 Å². The van der Waals surface area contributed by atoms with Gasteiger partial charge in [0.1, 0.15) is 0 Å². The second-order valence-electron chi connectivity index (χ2n) is 11.5. The van der Waals surface area contributed by atoms with E-state index in [4.69, 9.17) is 4.98 Å². The number of allylic oxidation sites excluding steroid dienone is 2. The molecule has 2 aliphatic carbocycles. The molecule has 0 saturated carbocycles. The van der Waals surface area contributed by atoms with Crippen LogP contribution in [0.1, 0.15) is 73.2 Å². The molecule has 1 atom stereocenters. The Hall–Kier alpha value is -3.91. The first-order valence-electron chi connectivity index (χ1n) is 13.6. The van der Waals surface area contributed by atoms with Gasteiger partial charge in [-0.15, -0.1) is 0 Å². The summed E-state index contributed by atoms with van der Waals surface area (Å²) in [5, 5.41) is 2.67. The molecular weight excluding hydrogens is 448 g/mol. The van der Waals surface area contributed by atoms with Crippen molar-refractivity contribution in [3.05, 3.63) is 106 Å². The van der Waals surface area contributed by atoms with Gasteiger partial charge in [0.2, 0.25) is 0 Å². The highest BCUT2D eigenvalue weighted by atomic mass is 15.0. The number of rotatable bonds is 1. The van der Waals surface area contributed by atoms with Crippen molar-refractivity contribution in [3.8, 4) is 16.8 Å². The van der Waals surface area contributed by atoms with Crippen molar-refractivity contribution in [2.24, 2.45) is 0 Å². The fourth-order valence-corrected chi connectivity index (χ4v) is 7.15. The summed E-state index contributed by atoms with van der Waals surface area (Å²) in [6.45, 7) is 7.04. The van der Waals surface area contributed by atoms with E-state index in [9.17, 15) is 0 Å². The highest BCUT2D eigenvalue weighted by Gasteiger charge is 2.35. The van der Waals surface area contributed by atoms with Crippen LogP contribution in [0.2, 0.25) is 0 Å². The van der Waals surface area contributed by atoms with E-state index in [1.54, 1.807) is 0 Å². The van der Waals surface area contributed by atoms with Crippen LogP contribution in [0.15, 0.2) is 72.8 Å². The third-order valence-corrected chi connectivity index (χ3v) is 9.02. The van der Waals surface area contributed by atoms with Gasteiger partial charge in [0.15, 0.2) is 0 Å². The highest BCUT2D eigenvalue weighted by molar-refractivity contribution is 6.13. The maximum Gasteiger partial charge on any atom is 0.0582 e. The maximum atomic E-state index is 5.20. The number of hydrogen-bond acceptors (Lipinski definition) is 1. The quantitative estimate of drug-likeness (QED) is 0.235. The number of aryl methyl sites for hydroxylation is 1. The van der Waals surface area contributed by atoms with E-state index in [0.717, 1.165) is 19.3 Å². The number of benzene rings is 3. The Morgan fingerprint density at radius 3 is 2.62 bits per heavy atom. The lowest BCUT2D eigenvalue weighted by Crippen LogP contribution is -2.26. The minimum absolute atomic E-state index is 0.0434. The molecule has 3 heterocycles. The Labute approximate surface area is 218 Å². The van der Waals surface area contributed by atoms with Crippen LogP contribution in [0.25, 0.3) is 50.8 Å². The van der Waals surface area contributed by atoms with Gasteiger partial charge >= 0.3 is 0 Å². The third-order valence-electron chi connectivity index (χ3n) is 9.02. The SMILES string of the molecule is CC1CC=Cc2c1nc1c(c2-c2ccc3c(c2)c2cccc4c2n3-c2ccccc2C4(C)C)C=CCC1. The molecule has 1 unspecified atom stereocenters. The fourth-order valence-electron chi connectivity index (χ4n) is 7.15. The Morgan fingerprint density at radius 2 is 1.70 bits per heavy atom. The molecule has 1 aliphatic heterocycles. The molecule has 0 saturated heterocycles. The van der Waals surface area contributed by atoms with Crippen molar-refractivity contribution in [3.63, 3.8) is 0 Å². The normalized spacial score (nSPS) is 18.6. The van der Waals surface area contributed by atoms with E-state index in [1.165, 1.54) is 72.3 Å². The van der Waals surface area contributed by atoms with Crippen molar-refractivity contribution in [2.45, 2.75) is 51.4 Å². The summed E-state index contributed by atoms with van der Waals surface area (Å²) < 4.78 is 2.50. The molecule has 0 bridgehead atoms. The number of aromatic nitrogens is 2. The molecule has 2 nitrogen and oxygen atoms in total. The first-order valence-corrected chi connectivity index (χ1v) is 13.6. The topological polar surface area (TPSA) is 17.8 Å². The lowest BCUT2D eigenvalue weighted by Gasteiger charge is -2.34. The minimum Gasteiger partial charge on any atom is -0.309 e. The number of para-hydroxylation sites is 2. The molecule has 3 aliphatic rings. The van der Waals surface area contributed by atoms with Gasteiger partial charge in [0, 0.05) is 38.9 Å². The predicted octanol–water partition coefficient (Wildman–Crippen LogP) is 8.96. The molecular formula is C35H30N2. The van der Waals surface area contributed by atoms with Gasteiger partial charge in [-0.1, -0.05) is 87.5 Å². The average molecular weight is 479 g/mol. The molecule has 5 aromatic rings. The van der Waals surface area contributed by atoms with Crippen molar-refractivity contribution >= 4 is 34.0 Å². The van der Waals surface area contributed by atoms with Gasteiger partial charge in [0.05, 0.1) is 22.4 Å². The van der Waals surface area contributed by atoms with Crippen LogP contribution in [-0.4, -0.2) is 9.55 Å². The van der Waals surface area contributed by atoms with Crippen molar-refractivity contribution < 1.29 is 0 Å². The molecule has 0 spiro atoms. The smallest absolute Gasteiger partial charge is 0.0582 e. The minimum atomic E-state index is -0.0434. The summed E-state index contributed by atoms with van der Waals surface area (Å²) in [5.41, 5.74) is 14.5. The zero-order valence-corrected chi connectivity index (χ0v) is 21.7. The Balaban J connectivity index is 1.48. The molecule has 8 rings (SSSR count). The fraction of sp³-hybridized carbons (Fsp3) is 0.229. The molecule has 0 radical (unpaired) electrons. The number of pyridine rings is 1. The lowest BCUT2D eigenvalue weighted by atomic mass is 9.75. The van der Waals surface area contributed by atoms with Gasteiger partial charge in [-0.25, -0.2) is 0 Å². The molecule has 0 N–H and O–H groups in total. The molecule has 180 valence electrons. The second kappa shape index (κ2) is 7.32. The van der Waals surface area contributed by atoms with Gasteiger partial charge in [-0.05, 0) is 59.7 Å². The first kappa shape index (κ1) is 21.2. The van der Waals surface area contributed by atoms with Crippen molar-refractivity contribution in [2.75, 3.05) is 0 Å². The Morgan fingerprint density at radius 1 is 0.865 bits per heavy atom. The van der Waals surface area contributed by atoms with E-state index in [1.807, 2.05) is 0 Å². The number of hydrogen-bond donors (Lipinski definition) is 0. The van der Waals surface area contributed by atoms with E-state index in [-0.39, 0.29) is 5.41 Å². The van der Waals surface area contributed by atoms with Crippen LogP contribution >= 0.6 is 0 Å². The van der Waals surface area contributed by atoms with E-state index >= 15 is 0 Å². The van der Waals surface area contributed by atoms with E-state index < -0.39 is 0 Å². The van der Waals surface area contributed by atoms with Gasteiger partial charge in [-0.2, -0.15) is 0 Å². The van der Waals surface area contributed by atoms with E-state index in [0.29, 0.717) is 5.92 Å².